The van der Waals surface area contributed by atoms with E-state index in [-0.39, 0.29) is 0 Å². The molecule has 11 nitrogen and oxygen atoms in total. The SMILES string of the molecule is COc1cc(Nc2ncc(Br)c(Nc3ccc(-c4cnn(C)n4)cc3P(C)(C)=O)n2)c(C)cc1N1CCOCC1. The van der Waals surface area contributed by atoms with E-state index in [1.165, 1.54) is 4.80 Å². The Kier molecular flexibility index (Phi) is 8.11. The van der Waals surface area contributed by atoms with Crippen molar-refractivity contribution in [2.75, 3.05) is 62.3 Å². The summed E-state index contributed by atoms with van der Waals surface area (Å²) in [5.41, 5.74) is 5.15. The molecular formula is C27H32BrN8O3P. The summed E-state index contributed by atoms with van der Waals surface area (Å²) in [5, 5.41) is 15.9. The number of halogens is 1. The lowest BCUT2D eigenvalue weighted by Gasteiger charge is -2.30. The second-order valence-electron chi connectivity index (χ2n) is 9.88. The van der Waals surface area contributed by atoms with Gasteiger partial charge in [0.15, 0.2) is 0 Å². The topological polar surface area (TPSA) is 119 Å². The maximum atomic E-state index is 13.3. The fraction of sp³-hybridized carbons (Fsp3) is 0.333. The Balaban J connectivity index is 1.43. The third kappa shape index (κ3) is 6.14. The third-order valence-corrected chi connectivity index (χ3v) is 8.71. The second-order valence-corrected chi connectivity index (χ2v) is 13.9. The summed E-state index contributed by atoms with van der Waals surface area (Å²) < 4.78 is 25.2. The molecule has 1 fully saturated rings. The first-order chi connectivity index (χ1) is 19.1. The number of anilines is 5. The minimum atomic E-state index is -2.66. The molecule has 210 valence electrons. The molecule has 4 aromatic rings. The summed E-state index contributed by atoms with van der Waals surface area (Å²) in [6, 6.07) is 9.78. The first kappa shape index (κ1) is 28.1. The molecular weight excluding hydrogens is 595 g/mol. The molecule has 2 aromatic heterocycles. The van der Waals surface area contributed by atoms with Crippen molar-refractivity contribution >= 4 is 57.2 Å². The number of nitrogens with zero attached hydrogens (tertiary/aromatic N) is 6. The molecule has 13 heteroatoms. The molecule has 0 saturated carbocycles. The quantitative estimate of drug-likeness (QED) is 0.261. The van der Waals surface area contributed by atoms with E-state index in [9.17, 15) is 4.57 Å². The van der Waals surface area contributed by atoms with E-state index < -0.39 is 7.14 Å². The molecule has 0 atom stereocenters. The molecule has 0 amide bonds. The van der Waals surface area contributed by atoms with Gasteiger partial charge in [-0.05, 0) is 59.9 Å². The van der Waals surface area contributed by atoms with Crippen molar-refractivity contribution in [1.29, 1.82) is 0 Å². The molecule has 1 saturated heterocycles. The van der Waals surface area contributed by atoms with E-state index in [0.717, 1.165) is 41.3 Å². The molecule has 0 aliphatic carbocycles. The lowest BCUT2D eigenvalue weighted by atomic mass is 10.1. The van der Waals surface area contributed by atoms with Crippen LogP contribution in [0, 0.1) is 6.92 Å². The minimum absolute atomic E-state index is 0.406. The Bertz CT molecular complexity index is 1580. The van der Waals surface area contributed by atoms with Crippen LogP contribution in [-0.4, -0.2) is 71.7 Å². The predicted molar refractivity (Wildman–Crippen MR) is 163 cm³/mol. The van der Waals surface area contributed by atoms with Crippen LogP contribution in [-0.2, 0) is 16.3 Å². The molecule has 1 aliphatic rings. The lowest BCUT2D eigenvalue weighted by Crippen LogP contribution is -2.36. The van der Waals surface area contributed by atoms with Gasteiger partial charge >= 0.3 is 0 Å². The standard InChI is InChI=1S/C27H32BrN8O3P/c1-17-12-23(36-8-10-39-11-9-36)24(38-3)14-21(17)32-27-29-15-19(28)26(33-27)31-20-7-6-18(13-25(20)40(4,5)37)22-16-30-35(2)34-22/h6-7,12-16H,8-11H2,1-5H3,(H2,29,31,32,33). The molecule has 2 N–H and O–H groups in total. The summed E-state index contributed by atoms with van der Waals surface area (Å²) in [6.45, 7) is 8.55. The van der Waals surface area contributed by atoms with E-state index in [0.29, 0.717) is 46.1 Å². The number of rotatable bonds is 8. The van der Waals surface area contributed by atoms with Gasteiger partial charge in [0, 0.05) is 49.0 Å². The first-order valence-corrected chi connectivity index (χ1v) is 16.2. The van der Waals surface area contributed by atoms with Gasteiger partial charge in [0.2, 0.25) is 5.95 Å². The van der Waals surface area contributed by atoms with Crippen LogP contribution in [0.15, 0.2) is 47.2 Å². The number of benzene rings is 2. The second kappa shape index (κ2) is 11.6. The Morgan fingerprint density at radius 3 is 2.52 bits per heavy atom. The number of aryl methyl sites for hydroxylation is 2. The van der Waals surface area contributed by atoms with Gasteiger partial charge in [-0.2, -0.15) is 20.0 Å². The van der Waals surface area contributed by atoms with Crippen LogP contribution in [0.5, 0.6) is 5.75 Å². The van der Waals surface area contributed by atoms with E-state index >= 15 is 0 Å². The fourth-order valence-corrected chi connectivity index (χ4v) is 5.96. The number of hydrogen-bond acceptors (Lipinski definition) is 10. The Labute approximate surface area is 241 Å². The zero-order chi connectivity index (χ0) is 28.4. The minimum Gasteiger partial charge on any atom is -0.495 e. The van der Waals surface area contributed by atoms with Crippen LogP contribution in [0.4, 0.5) is 28.8 Å². The summed E-state index contributed by atoms with van der Waals surface area (Å²) in [6.07, 6.45) is 3.36. The predicted octanol–water partition coefficient (Wildman–Crippen LogP) is 4.92. The summed E-state index contributed by atoms with van der Waals surface area (Å²) in [4.78, 5) is 12.9. The van der Waals surface area contributed by atoms with E-state index in [4.69, 9.17) is 14.5 Å². The largest absolute Gasteiger partial charge is 0.495 e. The highest BCUT2D eigenvalue weighted by molar-refractivity contribution is 9.10. The maximum absolute atomic E-state index is 13.3. The number of ether oxygens (including phenoxy) is 2. The third-order valence-electron chi connectivity index (χ3n) is 6.59. The number of morpholine rings is 1. The number of methoxy groups -OCH3 is 1. The van der Waals surface area contributed by atoms with Crippen molar-refractivity contribution in [2.24, 2.45) is 7.05 Å². The van der Waals surface area contributed by atoms with Crippen LogP contribution < -0.4 is 25.6 Å². The molecule has 3 heterocycles. The molecule has 1 aliphatic heterocycles. The van der Waals surface area contributed by atoms with E-state index in [1.54, 1.807) is 39.9 Å². The molecule has 0 bridgehead atoms. The fourth-order valence-electron chi connectivity index (χ4n) is 4.51. The molecule has 0 spiro atoms. The molecule has 2 aromatic carbocycles. The van der Waals surface area contributed by atoms with Gasteiger partial charge in [-0.1, -0.05) is 6.07 Å². The number of aromatic nitrogens is 5. The maximum Gasteiger partial charge on any atom is 0.229 e. The van der Waals surface area contributed by atoms with Crippen molar-refractivity contribution < 1.29 is 14.0 Å². The van der Waals surface area contributed by atoms with Crippen molar-refractivity contribution in [3.63, 3.8) is 0 Å². The monoisotopic (exact) mass is 626 g/mol. The lowest BCUT2D eigenvalue weighted by molar-refractivity contribution is 0.122. The highest BCUT2D eigenvalue weighted by atomic mass is 79.9. The molecule has 5 rings (SSSR count). The van der Waals surface area contributed by atoms with Crippen molar-refractivity contribution in [1.82, 2.24) is 25.0 Å². The molecule has 0 radical (unpaired) electrons. The van der Waals surface area contributed by atoms with Crippen LogP contribution in [0.2, 0.25) is 0 Å². The van der Waals surface area contributed by atoms with Gasteiger partial charge < -0.3 is 29.6 Å². The van der Waals surface area contributed by atoms with Gasteiger partial charge in [-0.15, -0.1) is 0 Å². The normalized spacial score (nSPS) is 13.8. The van der Waals surface area contributed by atoms with Gasteiger partial charge in [0.25, 0.3) is 0 Å². The van der Waals surface area contributed by atoms with Crippen molar-refractivity contribution in [2.45, 2.75) is 6.92 Å². The summed E-state index contributed by atoms with van der Waals surface area (Å²) >= 11 is 3.55. The number of hydrogen-bond donors (Lipinski definition) is 2. The zero-order valence-electron chi connectivity index (χ0n) is 23.1. The van der Waals surface area contributed by atoms with Crippen LogP contribution in [0.3, 0.4) is 0 Å². The van der Waals surface area contributed by atoms with Gasteiger partial charge in [-0.25, -0.2) is 4.98 Å². The van der Waals surface area contributed by atoms with Gasteiger partial charge in [0.05, 0.1) is 42.4 Å². The average Bonchev–Trinajstić information content (AvgIpc) is 3.37. The van der Waals surface area contributed by atoms with Crippen LogP contribution in [0.25, 0.3) is 11.3 Å². The smallest absolute Gasteiger partial charge is 0.229 e. The summed E-state index contributed by atoms with van der Waals surface area (Å²) in [7, 11) is 0.769. The Morgan fingerprint density at radius 1 is 1.07 bits per heavy atom. The van der Waals surface area contributed by atoms with E-state index in [1.807, 2.05) is 31.2 Å². The van der Waals surface area contributed by atoms with Gasteiger partial charge in [0.1, 0.15) is 24.4 Å². The zero-order valence-corrected chi connectivity index (χ0v) is 25.6. The highest BCUT2D eigenvalue weighted by Gasteiger charge is 2.21. The molecule has 40 heavy (non-hydrogen) atoms. The van der Waals surface area contributed by atoms with Crippen LogP contribution >= 0.6 is 23.1 Å². The summed E-state index contributed by atoms with van der Waals surface area (Å²) in [5.74, 6) is 1.71. The van der Waals surface area contributed by atoms with Crippen molar-refractivity contribution in [3.8, 4) is 17.0 Å². The molecule has 0 unspecified atom stereocenters. The number of nitrogens with one attached hydrogen (secondary N) is 2. The Morgan fingerprint density at radius 2 is 1.85 bits per heavy atom. The van der Waals surface area contributed by atoms with Crippen molar-refractivity contribution in [3.05, 3.63) is 52.8 Å². The van der Waals surface area contributed by atoms with E-state index in [2.05, 4.69) is 52.7 Å². The van der Waals surface area contributed by atoms with Crippen LogP contribution in [0.1, 0.15) is 5.56 Å². The Hall–Kier alpha value is -3.47. The van der Waals surface area contributed by atoms with Gasteiger partial charge in [-0.3, -0.25) is 0 Å². The highest BCUT2D eigenvalue weighted by Crippen LogP contribution is 2.40. The average molecular weight is 627 g/mol. The first-order valence-electron chi connectivity index (χ1n) is 12.8.